The third-order valence-electron chi connectivity index (χ3n) is 5.61. The lowest BCUT2D eigenvalue weighted by molar-refractivity contribution is -0.955. The Hall–Kier alpha value is -0.370. The Morgan fingerprint density at radius 2 is 1.56 bits per heavy atom. The molecule has 0 spiro atoms. The SMILES string of the molecule is O=C(CC[NH+]1CCC([NH+]2CCS(=O)(=O)CC2)CC1)c1ccc(Cl)cc1.[Cl-].[Cl-]. The highest BCUT2D eigenvalue weighted by Crippen LogP contribution is 2.10. The van der Waals surface area contributed by atoms with E-state index in [0.29, 0.717) is 29.0 Å². The molecule has 2 saturated heterocycles. The van der Waals surface area contributed by atoms with E-state index >= 15 is 0 Å². The highest BCUT2D eigenvalue weighted by Gasteiger charge is 2.34. The number of ketones is 1. The molecule has 9 heteroatoms. The number of benzene rings is 1. The maximum absolute atomic E-state index is 12.3. The third-order valence-corrected chi connectivity index (χ3v) is 7.51. The summed E-state index contributed by atoms with van der Waals surface area (Å²) in [7, 11) is -2.78. The van der Waals surface area contributed by atoms with E-state index in [1.54, 1.807) is 24.3 Å². The zero-order valence-corrected chi connectivity index (χ0v) is 18.3. The fourth-order valence-electron chi connectivity index (χ4n) is 3.96. The fourth-order valence-corrected chi connectivity index (χ4v) is 5.44. The number of rotatable bonds is 5. The van der Waals surface area contributed by atoms with Crippen LogP contribution in [0.4, 0.5) is 0 Å². The molecule has 2 N–H and O–H groups in total. The Kier molecular flexibility index (Phi) is 10.0. The molecule has 0 amide bonds. The molecule has 3 rings (SSSR count). The van der Waals surface area contributed by atoms with Gasteiger partial charge >= 0.3 is 0 Å². The van der Waals surface area contributed by atoms with Crippen LogP contribution in [-0.2, 0) is 9.84 Å². The minimum Gasteiger partial charge on any atom is -1.00 e. The van der Waals surface area contributed by atoms with Gasteiger partial charge in [0.05, 0.1) is 56.7 Å². The maximum Gasteiger partial charge on any atom is 0.168 e. The zero-order chi connectivity index (χ0) is 17.9. The number of quaternary nitrogens is 2. The number of hydrogen-bond acceptors (Lipinski definition) is 3. The first kappa shape index (κ1) is 24.7. The van der Waals surface area contributed by atoms with Gasteiger partial charge in [0.1, 0.15) is 0 Å². The van der Waals surface area contributed by atoms with E-state index in [9.17, 15) is 13.2 Å². The van der Waals surface area contributed by atoms with Crippen molar-refractivity contribution in [3.63, 3.8) is 0 Å². The molecule has 0 radical (unpaired) electrons. The van der Waals surface area contributed by atoms with Gasteiger partial charge in [-0.25, -0.2) is 8.42 Å². The van der Waals surface area contributed by atoms with E-state index in [-0.39, 0.29) is 30.6 Å². The Morgan fingerprint density at radius 3 is 2.11 bits per heavy atom. The van der Waals surface area contributed by atoms with Crippen molar-refractivity contribution in [3.8, 4) is 0 Å². The number of likely N-dealkylation sites (tertiary alicyclic amines) is 1. The molecular weight excluding hydrogens is 431 g/mol. The van der Waals surface area contributed by atoms with E-state index in [2.05, 4.69) is 0 Å². The molecule has 5 nitrogen and oxygen atoms in total. The highest BCUT2D eigenvalue weighted by atomic mass is 35.5. The van der Waals surface area contributed by atoms with Gasteiger partial charge in [-0.1, -0.05) is 11.6 Å². The quantitative estimate of drug-likeness (QED) is 0.432. The predicted octanol–water partition coefficient (Wildman–Crippen LogP) is -6.72. The summed E-state index contributed by atoms with van der Waals surface area (Å²) in [5.74, 6) is 0.855. The van der Waals surface area contributed by atoms with Crippen LogP contribution >= 0.6 is 11.6 Å². The summed E-state index contributed by atoms with van der Waals surface area (Å²) in [6.07, 6.45) is 2.82. The van der Waals surface area contributed by atoms with Gasteiger partial charge in [0.15, 0.2) is 15.6 Å². The summed E-state index contributed by atoms with van der Waals surface area (Å²) in [6.45, 7) is 4.55. The standard InChI is InChI=1S/C18H25ClN2O3S.2ClH/c19-16-3-1-15(2-4-16)18(22)7-10-20-8-5-17(6-9-20)21-11-13-25(23,24)14-12-21;;/h1-4,17H,5-14H2;2*1H. The smallest absolute Gasteiger partial charge is 0.168 e. The van der Waals surface area contributed by atoms with Crippen LogP contribution in [0.5, 0.6) is 0 Å². The van der Waals surface area contributed by atoms with Crippen molar-refractivity contribution >= 4 is 27.2 Å². The lowest BCUT2D eigenvalue weighted by atomic mass is 10.0. The van der Waals surface area contributed by atoms with E-state index in [1.165, 1.54) is 9.80 Å². The second-order valence-electron chi connectivity index (χ2n) is 7.26. The van der Waals surface area contributed by atoms with Crippen LogP contribution in [0.2, 0.25) is 5.02 Å². The Labute approximate surface area is 179 Å². The molecule has 27 heavy (non-hydrogen) atoms. The van der Waals surface area contributed by atoms with Crippen LogP contribution in [0.15, 0.2) is 24.3 Å². The number of nitrogens with one attached hydrogen (secondary N) is 2. The van der Waals surface area contributed by atoms with Crippen molar-refractivity contribution in [2.45, 2.75) is 25.3 Å². The minimum atomic E-state index is -2.78. The number of carbonyl (C=O) groups is 1. The van der Waals surface area contributed by atoms with Crippen molar-refractivity contribution in [1.82, 2.24) is 0 Å². The van der Waals surface area contributed by atoms with E-state index in [0.717, 1.165) is 51.1 Å². The van der Waals surface area contributed by atoms with E-state index in [1.807, 2.05) is 0 Å². The average Bonchev–Trinajstić information content (AvgIpc) is 2.61. The van der Waals surface area contributed by atoms with Crippen molar-refractivity contribution in [2.75, 3.05) is 44.2 Å². The van der Waals surface area contributed by atoms with Crippen molar-refractivity contribution in [2.24, 2.45) is 0 Å². The molecule has 2 heterocycles. The molecule has 1 aromatic carbocycles. The normalized spacial score (nSPS) is 25.1. The molecule has 2 aliphatic rings. The van der Waals surface area contributed by atoms with Crippen molar-refractivity contribution in [1.29, 1.82) is 0 Å². The number of hydrogen-bond donors (Lipinski definition) is 2. The summed E-state index contributed by atoms with van der Waals surface area (Å²) in [6, 6.07) is 7.69. The fraction of sp³-hybridized carbons (Fsp3) is 0.611. The predicted molar refractivity (Wildman–Crippen MR) is 98.3 cm³/mol. The number of halogens is 3. The molecule has 0 aromatic heterocycles. The molecule has 154 valence electrons. The maximum atomic E-state index is 12.3. The number of Topliss-reactive ketones (excluding diaryl/α,β-unsaturated/α-hetero) is 1. The molecule has 0 unspecified atom stereocenters. The molecule has 0 bridgehead atoms. The molecule has 1 aromatic rings. The van der Waals surface area contributed by atoms with Crippen LogP contribution in [0, 0.1) is 0 Å². The third kappa shape index (κ3) is 7.18. The lowest BCUT2D eigenvalue weighted by Gasteiger charge is -2.35. The summed E-state index contributed by atoms with van der Waals surface area (Å²) < 4.78 is 23.1. The molecule has 0 atom stereocenters. The molecule has 2 aliphatic heterocycles. The first-order valence-electron chi connectivity index (χ1n) is 9.10. The summed E-state index contributed by atoms with van der Waals surface area (Å²) >= 11 is 5.86. The number of piperidine rings is 1. The van der Waals surface area contributed by atoms with Crippen molar-refractivity contribution < 1.29 is 47.8 Å². The summed E-state index contributed by atoms with van der Waals surface area (Å²) in [5, 5.41) is 0.650. The second-order valence-corrected chi connectivity index (χ2v) is 10.0. The average molecular weight is 458 g/mol. The van der Waals surface area contributed by atoms with E-state index in [4.69, 9.17) is 11.6 Å². The summed E-state index contributed by atoms with van der Waals surface area (Å²) in [4.78, 5) is 15.2. The highest BCUT2D eigenvalue weighted by molar-refractivity contribution is 7.91. The van der Waals surface area contributed by atoms with Gasteiger partial charge in [0.2, 0.25) is 0 Å². The number of carbonyl (C=O) groups excluding carboxylic acids is 1. The first-order valence-corrected chi connectivity index (χ1v) is 11.3. The van der Waals surface area contributed by atoms with Gasteiger partial charge < -0.3 is 34.6 Å². The Balaban J connectivity index is 0.00000182. The Morgan fingerprint density at radius 1 is 1.00 bits per heavy atom. The van der Waals surface area contributed by atoms with Gasteiger partial charge in [0, 0.05) is 23.4 Å². The minimum absolute atomic E-state index is 0. The first-order chi connectivity index (χ1) is 11.9. The molecular formula is C18H27Cl3N2O3S. The molecule has 2 fully saturated rings. The molecule has 0 saturated carbocycles. The topological polar surface area (TPSA) is 60.1 Å². The summed E-state index contributed by atoms with van der Waals surface area (Å²) in [5.41, 5.74) is 0.734. The monoisotopic (exact) mass is 456 g/mol. The zero-order valence-electron chi connectivity index (χ0n) is 15.2. The van der Waals surface area contributed by atoms with Gasteiger partial charge in [0.25, 0.3) is 0 Å². The van der Waals surface area contributed by atoms with Crippen LogP contribution in [-0.4, -0.2) is 64.5 Å². The van der Waals surface area contributed by atoms with Crippen LogP contribution in [0.25, 0.3) is 0 Å². The van der Waals surface area contributed by atoms with Crippen LogP contribution < -0.4 is 34.6 Å². The van der Waals surface area contributed by atoms with Gasteiger partial charge in [-0.15, -0.1) is 0 Å². The van der Waals surface area contributed by atoms with Gasteiger partial charge in [-0.2, -0.15) is 0 Å². The lowest BCUT2D eigenvalue weighted by Crippen LogP contribution is -3.21. The molecule has 0 aliphatic carbocycles. The number of sulfone groups is 1. The van der Waals surface area contributed by atoms with Gasteiger partial charge in [-0.05, 0) is 24.3 Å². The van der Waals surface area contributed by atoms with Crippen LogP contribution in [0.3, 0.4) is 0 Å². The van der Waals surface area contributed by atoms with Crippen LogP contribution in [0.1, 0.15) is 29.6 Å². The second kappa shape index (κ2) is 11.0. The Bertz CT molecular complexity index is 691. The largest absolute Gasteiger partial charge is 1.00 e. The van der Waals surface area contributed by atoms with E-state index < -0.39 is 9.84 Å². The van der Waals surface area contributed by atoms with Crippen molar-refractivity contribution in [3.05, 3.63) is 34.9 Å². The van der Waals surface area contributed by atoms with Gasteiger partial charge in [-0.3, -0.25) is 4.79 Å².